The quantitative estimate of drug-likeness (QED) is 0.771. The van der Waals surface area contributed by atoms with E-state index in [4.69, 9.17) is 0 Å². The van der Waals surface area contributed by atoms with Crippen molar-refractivity contribution in [2.24, 2.45) is 5.92 Å². The van der Waals surface area contributed by atoms with Gasteiger partial charge in [-0.25, -0.2) is 0 Å². The van der Waals surface area contributed by atoms with E-state index < -0.39 is 0 Å². The van der Waals surface area contributed by atoms with E-state index in [1.807, 2.05) is 6.92 Å². The van der Waals surface area contributed by atoms with E-state index in [9.17, 15) is 0 Å². The zero-order valence-corrected chi connectivity index (χ0v) is 9.12. The molecule has 14 heavy (non-hydrogen) atoms. The van der Waals surface area contributed by atoms with Gasteiger partial charge in [0.2, 0.25) is 0 Å². The van der Waals surface area contributed by atoms with Gasteiger partial charge in [0.25, 0.3) is 0 Å². The molecule has 4 nitrogen and oxygen atoms in total. The molecule has 2 atom stereocenters. The van der Waals surface area contributed by atoms with E-state index in [-0.39, 0.29) is 0 Å². The van der Waals surface area contributed by atoms with E-state index in [0.29, 0.717) is 12.0 Å². The Hall–Kier alpha value is -0.900. The van der Waals surface area contributed by atoms with E-state index >= 15 is 0 Å². The van der Waals surface area contributed by atoms with Gasteiger partial charge < -0.3 is 9.88 Å². The molecule has 1 aromatic heterocycles. The molecular weight excluding hydrogens is 176 g/mol. The van der Waals surface area contributed by atoms with Gasteiger partial charge in [0.15, 0.2) is 0 Å². The molecule has 0 spiro atoms. The first kappa shape index (κ1) is 9.65. The molecule has 2 unspecified atom stereocenters. The Morgan fingerprint density at radius 2 is 2.29 bits per heavy atom. The Morgan fingerprint density at radius 1 is 1.50 bits per heavy atom. The van der Waals surface area contributed by atoms with E-state index in [1.165, 1.54) is 6.42 Å². The predicted octanol–water partition coefficient (Wildman–Crippen LogP) is 1.28. The van der Waals surface area contributed by atoms with Gasteiger partial charge in [-0.1, -0.05) is 6.92 Å². The molecule has 0 bridgehead atoms. The van der Waals surface area contributed by atoms with Crippen molar-refractivity contribution < 1.29 is 0 Å². The summed E-state index contributed by atoms with van der Waals surface area (Å²) in [4.78, 5) is 0. The Bertz CT molecular complexity index is 318. The molecule has 4 heteroatoms. The van der Waals surface area contributed by atoms with Crippen LogP contribution in [-0.2, 0) is 6.54 Å². The van der Waals surface area contributed by atoms with Crippen LogP contribution >= 0.6 is 0 Å². The summed E-state index contributed by atoms with van der Waals surface area (Å²) in [6.45, 7) is 8.48. The van der Waals surface area contributed by atoms with Crippen LogP contribution in [0.3, 0.4) is 0 Å². The molecule has 1 fully saturated rings. The summed E-state index contributed by atoms with van der Waals surface area (Å²) < 4.78 is 2.19. The Balaban J connectivity index is 2.30. The third-order valence-corrected chi connectivity index (χ3v) is 3.09. The van der Waals surface area contributed by atoms with Crippen molar-refractivity contribution in [3.63, 3.8) is 0 Å². The normalized spacial score (nSPS) is 27.1. The topological polar surface area (TPSA) is 42.7 Å². The highest BCUT2D eigenvalue weighted by Gasteiger charge is 2.28. The molecule has 2 heterocycles. The standard InChI is InChI=1S/C10H18N4/c1-4-14-8(3)12-13-10(14)9-7(2)5-6-11-9/h7,9,11H,4-6H2,1-3H3. The van der Waals surface area contributed by atoms with E-state index in [0.717, 1.165) is 24.7 Å². The van der Waals surface area contributed by atoms with Crippen LogP contribution in [-0.4, -0.2) is 21.3 Å². The third-order valence-electron chi connectivity index (χ3n) is 3.09. The summed E-state index contributed by atoms with van der Waals surface area (Å²) in [6.07, 6.45) is 1.24. The summed E-state index contributed by atoms with van der Waals surface area (Å²) in [7, 11) is 0. The minimum Gasteiger partial charge on any atom is -0.314 e. The van der Waals surface area contributed by atoms with Crippen molar-refractivity contribution in [1.82, 2.24) is 20.1 Å². The molecule has 1 aliphatic heterocycles. The molecule has 0 aliphatic carbocycles. The van der Waals surface area contributed by atoms with Crippen LogP contribution in [0.15, 0.2) is 0 Å². The van der Waals surface area contributed by atoms with Crippen LogP contribution in [0.1, 0.15) is 38.0 Å². The predicted molar refractivity (Wildman–Crippen MR) is 55.0 cm³/mol. The fourth-order valence-electron chi connectivity index (χ4n) is 2.20. The van der Waals surface area contributed by atoms with Crippen molar-refractivity contribution in [1.29, 1.82) is 0 Å². The van der Waals surface area contributed by atoms with Crippen LogP contribution in [0.25, 0.3) is 0 Å². The van der Waals surface area contributed by atoms with Gasteiger partial charge in [0, 0.05) is 6.54 Å². The van der Waals surface area contributed by atoms with E-state index in [2.05, 4.69) is 33.9 Å². The smallest absolute Gasteiger partial charge is 0.150 e. The van der Waals surface area contributed by atoms with Crippen LogP contribution in [0, 0.1) is 12.8 Å². The lowest BCUT2D eigenvalue weighted by molar-refractivity contribution is 0.456. The average Bonchev–Trinajstić information content (AvgIpc) is 2.71. The van der Waals surface area contributed by atoms with Crippen LogP contribution in [0.4, 0.5) is 0 Å². The summed E-state index contributed by atoms with van der Waals surface area (Å²) in [5.41, 5.74) is 0. The number of nitrogens with one attached hydrogen (secondary N) is 1. The molecule has 1 N–H and O–H groups in total. The highest BCUT2D eigenvalue weighted by Crippen LogP contribution is 2.27. The first-order valence-electron chi connectivity index (χ1n) is 5.37. The molecule has 0 saturated carbocycles. The highest BCUT2D eigenvalue weighted by atomic mass is 15.3. The van der Waals surface area contributed by atoms with Gasteiger partial charge in [-0.05, 0) is 32.7 Å². The molecule has 2 rings (SSSR count). The van der Waals surface area contributed by atoms with Gasteiger partial charge in [-0.2, -0.15) is 0 Å². The zero-order chi connectivity index (χ0) is 10.1. The summed E-state index contributed by atoms with van der Waals surface area (Å²) in [5, 5.41) is 11.9. The number of hydrogen-bond donors (Lipinski definition) is 1. The van der Waals surface area contributed by atoms with Gasteiger partial charge in [0.05, 0.1) is 6.04 Å². The lowest BCUT2D eigenvalue weighted by Gasteiger charge is -2.15. The first-order chi connectivity index (χ1) is 6.74. The molecular formula is C10H18N4. The molecule has 0 amide bonds. The Morgan fingerprint density at radius 3 is 2.86 bits per heavy atom. The minimum absolute atomic E-state index is 0.399. The van der Waals surface area contributed by atoms with Crippen molar-refractivity contribution in [2.45, 2.75) is 39.8 Å². The molecule has 1 aliphatic rings. The maximum absolute atomic E-state index is 4.27. The maximum Gasteiger partial charge on any atom is 0.150 e. The molecule has 0 aromatic carbocycles. The van der Waals surface area contributed by atoms with Gasteiger partial charge in [-0.3, -0.25) is 0 Å². The largest absolute Gasteiger partial charge is 0.314 e. The molecule has 1 aromatic rings. The Labute approximate surface area is 84.7 Å². The van der Waals surface area contributed by atoms with Crippen molar-refractivity contribution in [2.75, 3.05) is 6.54 Å². The SMILES string of the molecule is CCn1c(C)nnc1C1NCCC1C. The average molecular weight is 194 g/mol. The monoisotopic (exact) mass is 194 g/mol. The van der Waals surface area contributed by atoms with E-state index in [1.54, 1.807) is 0 Å². The summed E-state index contributed by atoms with van der Waals surface area (Å²) in [6, 6.07) is 0.399. The van der Waals surface area contributed by atoms with Crippen molar-refractivity contribution >= 4 is 0 Å². The molecule has 0 radical (unpaired) electrons. The maximum atomic E-state index is 4.27. The highest BCUT2D eigenvalue weighted by molar-refractivity contribution is 5.03. The number of aromatic nitrogens is 3. The van der Waals surface area contributed by atoms with Gasteiger partial charge >= 0.3 is 0 Å². The van der Waals surface area contributed by atoms with Crippen LogP contribution in [0.5, 0.6) is 0 Å². The number of aryl methyl sites for hydroxylation is 1. The molecule has 78 valence electrons. The lowest BCUT2D eigenvalue weighted by Crippen LogP contribution is -2.21. The first-order valence-corrected chi connectivity index (χ1v) is 5.37. The second kappa shape index (κ2) is 3.69. The fraction of sp³-hybridized carbons (Fsp3) is 0.800. The Kier molecular flexibility index (Phi) is 2.54. The second-order valence-electron chi connectivity index (χ2n) is 4.05. The number of nitrogens with zero attached hydrogens (tertiary/aromatic N) is 3. The number of rotatable bonds is 2. The zero-order valence-electron chi connectivity index (χ0n) is 9.12. The number of hydrogen-bond acceptors (Lipinski definition) is 3. The second-order valence-corrected chi connectivity index (χ2v) is 4.05. The fourth-order valence-corrected chi connectivity index (χ4v) is 2.20. The summed E-state index contributed by atoms with van der Waals surface area (Å²) in [5.74, 6) is 2.79. The minimum atomic E-state index is 0.399. The van der Waals surface area contributed by atoms with Gasteiger partial charge in [-0.15, -0.1) is 10.2 Å². The van der Waals surface area contributed by atoms with Crippen molar-refractivity contribution in [3.8, 4) is 0 Å². The van der Waals surface area contributed by atoms with Crippen LogP contribution in [0.2, 0.25) is 0 Å². The summed E-state index contributed by atoms with van der Waals surface area (Å²) >= 11 is 0. The van der Waals surface area contributed by atoms with Crippen LogP contribution < -0.4 is 5.32 Å². The molecule has 1 saturated heterocycles. The van der Waals surface area contributed by atoms with Gasteiger partial charge in [0.1, 0.15) is 11.6 Å². The third kappa shape index (κ3) is 1.43. The van der Waals surface area contributed by atoms with Crippen molar-refractivity contribution in [3.05, 3.63) is 11.6 Å². The lowest BCUT2D eigenvalue weighted by atomic mass is 10.0.